The van der Waals surface area contributed by atoms with Crippen LogP contribution in [0.15, 0.2) is 59.5 Å². The van der Waals surface area contributed by atoms with Crippen molar-refractivity contribution >= 4 is 27.3 Å². The van der Waals surface area contributed by atoms with Crippen LogP contribution in [0.1, 0.15) is 19.8 Å². The predicted octanol–water partition coefficient (Wildman–Crippen LogP) is 2.81. The molecule has 1 saturated heterocycles. The third kappa shape index (κ3) is 4.62. The summed E-state index contributed by atoms with van der Waals surface area (Å²) in [4.78, 5) is 12.6. The van der Waals surface area contributed by atoms with E-state index >= 15 is 0 Å². The first-order valence-corrected chi connectivity index (χ1v) is 10.1. The van der Waals surface area contributed by atoms with E-state index in [1.807, 2.05) is 0 Å². The summed E-state index contributed by atoms with van der Waals surface area (Å²) in [7, 11) is -3.66. The molecule has 1 aliphatic rings. The minimum absolute atomic E-state index is 0.0265. The van der Waals surface area contributed by atoms with Gasteiger partial charge in [-0.1, -0.05) is 24.3 Å². The Labute approximate surface area is 154 Å². The summed E-state index contributed by atoms with van der Waals surface area (Å²) in [6.45, 7) is 2.90. The lowest BCUT2D eigenvalue weighted by Gasteiger charge is -2.27. The highest BCUT2D eigenvalue weighted by atomic mass is 32.2. The Morgan fingerprint density at radius 2 is 1.81 bits per heavy atom. The van der Waals surface area contributed by atoms with E-state index in [4.69, 9.17) is 0 Å². The predicted molar refractivity (Wildman–Crippen MR) is 103 cm³/mol. The van der Waals surface area contributed by atoms with E-state index in [-0.39, 0.29) is 16.7 Å². The SMILES string of the molecule is C[C@H]1C[C@@H](C(=O)Nc2cccc(NS(=O)(=O)c3ccccc3)c2)CCN1. The van der Waals surface area contributed by atoms with Gasteiger partial charge in [0, 0.05) is 17.6 Å². The zero-order chi connectivity index (χ0) is 18.6. The van der Waals surface area contributed by atoms with Crippen LogP contribution < -0.4 is 15.4 Å². The molecule has 0 aromatic heterocycles. The lowest BCUT2D eigenvalue weighted by Crippen LogP contribution is -2.40. The minimum atomic E-state index is -3.66. The second-order valence-electron chi connectivity index (χ2n) is 6.57. The summed E-state index contributed by atoms with van der Waals surface area (Å²) in [6.07, 6.45) is 1.60. The van der Waals surface area contributed by atoms with Crippen LogP contribution in [0.3, 0.4) is 0 Å². The zero-order valence-electron chi connectivity index (χ0n) is 14.6. The summed E-state index contributed by atoms with van der Waals surface area (Å²) in [5.41, 5.74) is 0.986. The van der Waals surface area contributed by atoms with Crippen LogP contribution >= 0.6 is 0 Å². The number of sulfonamides is 1. The van der Waals surface area contributed by atoms with Crippen molar-refractivity contribution in [1.82, 2.24) is 5.32 Å². The number of anilines is 2. The van der Waals surface area contributed by atoms with Gasteiger partial charge in [-0.15, -0.1) is 0 Å². The van der Waals surface area contributed by atoms with Crippen molar-refractivity contribution in [2.75, 3.05) is 16.6 Å². The molecule has 2 aromatic carbocycles. The van der Waals surface area contributed by atoms with E-state index < -0.39 is 10.0 Å². The van der Waals surface area contributed by atoms with Gasteiger partial charge in [0.2, 0.25) is 5.91 Å². The molecule has 2 atom stereocenters. The molecule has 6 nitrogen and oxygen atoms in total. The molecule has 3 rings (SSSR count). The molecule has 1 aliphatic heterocycles. The third-order valence-corrected chi connectivity index (χ3v) is 5.83. The fourth-order valence-corrected chi connectivity index (χ4v) is 4.16. The van der Waals surface area contributed by atoms with Crippen LogP contribution in [0.4, 0.5) is 11.4 Å². The number of rotatable bonds is 5. The number of nitrogens with one attached hydrogen (secondary N) is 3. The fourth-order valence-electron chi connectivity index (χ4n) is 3.09. The molecule has 1 amide bonds. The van der Waals surface area contributed by atoms with Gasteiger partial charge in [-0.05, 0) is 56.6 Å². The minimum Gasteiger partial charge on any atom is -0.326 e. The summed E-state index contributed by atoms with van der Waals surface area (Å²) in [5, 5.41) is 6.22. The van der Waals surface area contributed by atoms with E-state index in [0.717, 1.165) is 19.4 Å². The van der Waals surface area contributed by atoms with E-state index in [2.05, 4.69) is 22.3 Å². The summed E-state index contributed by atoms with van der Waals surface area (Å²) in [6, 6.07) is 15.2. The van der Waals surface area contributed by atoms with Gasteiger partial charge in [-0.2, -0.15) is 0 Å². The van der Waals surface area contributed by atoms with Crippen LogP contribution in [0.5, 0.6) is 0 Å². The quantitative estimate of drug-likeness (QED) is 0.752. The van der Waals surface area contributed by atoms with Crippen molar-refractivity contribution in [3.05, 3.63) is 54.6 Å². The molecule has 1 fully saturated rings. The highest BCUT2D eigenvalue weighted by Gasteiger charge is 2.24. The fraction of sp³-hybridized carbons (Fsp3) is 0.316. The zero-order valence-corrected chi connectivity index (χ0v) is 15.4. The van der Waals surface area contributed by atoms with Gasteiger partial charge in [0.1, 0.15) is 0 Å². The van der Waals surface area contributed by atoms with Crippen molar-refractivity contribution in [1.29, 1.82) is 0 Å². The Balaban J connectivity index is 1.69. The van der Waals surface area contributed by atoms with Gasteiger partial charge >= 0.3 is 0 Å². The molecule has 2 aromatic rings. The summed E-state index contributed by atoms with van der Waals surface area (Å²) < 4.78 is 27.4. The number of amides is 1. The lowest BCUT2D eigenvalue weighted by molar-refractivity contribution is -0.120. The summed E-state index contributed by atoms with van der Waals surface area (Å²) in [5.74, 6) is -0.0580. The normalized spacial score (nSPS) is 20.3. The van der Waals surface area contributed by atoms with Crippen molar-refractivity contribution < 1.29 is 13.2 Å². The van der Waals surface area contributed by atoms with E-state index in [1.165, 1.54) is 12.1 Å². The number of hydrogen-bond acceptors (Lipinski definition) is 4. The number of benzene rings is 2. The third-order valence-electron chi connectivity index (χ3n) is 4.43. The number of carbonyl (C=O) groups is 1. The van der Waals surface area contributed by atoms with Gasteiger partial charge in [0.25, 0.3) is 10.0 Å². The molecule has 0 unspecified atom stereocenters. The lowest BCUT2D eigenvalue weighted by atomic mass is 9.92. The molecule has 0 spiro atoms. The highest BCUT2D eigenvalue weighted by Crippen LogP contribution is 2.22. The smallest absolute Gasteiger partial charge is 0.261 e. The molecular weight excluding hydrogens is 350 g/mol. The van der Waals surface area contributed by atoms with E-state index in [0.29, 0.717) is 17.4 Å². The first-order valence-electron chi connectivity index (χ1n) is 8.66. The Bertz CT molecular complexity index is 869. The Morgan fingerprint density at radius 1 is 1.08 bits per heavy atom. The number of piperidine rings is 1. The first-order chi connectivity index (χ1) is 12.4. The molecular formula is C19H23N3O3S. The van der Waals surface area contributed by atoms with Crippen LogP contribution in [0.2, 0.25) is 0 Å². The maximum Gasteiger partial charge on any atom is 0.261 e. The van der Waals surface area contributed by atoms with E-state index in [9.17, 15) is 13.2 Å². The molecule has 0 saturated carbocycles. The van der Waals surface area contributed by atoms with Crippen LogP contribution in [0.25, 0.3) is 0 Å². The molecule has 138 valence electrons. The molecule has 3 N–H and O–H groups in total. The van der Waals surface area contributed by atoms with Gasteiger partial charge in [-0.25, -0.2) is 8.42 Å². The van der Waals surface area contributed by atoms with Crippen molar-refractivity contribution in [2.45, 2.75) is 30.7 Å². The Morgan fingerprint density at radius 3 is 2.54 bits per heavy atom. The van der Waals surface area contributed by atoms with Crippen LogP contribution in [0, 0.1) is 5.92 Å². The average Bonchev–Trinajstić information content (AvgIpc) is 2.62. The van der Waals surface area contributed by atoms with Crippen molar-refractivity contribution in [2.24, 2.45) is 5.92 Å². The number of hydrogen-bond donors (Lipinski definition) is 3. The highest BCUT2D eigenvalue weighted by molar-refractivity contribution is 7.92. The largest absolute Gasteiger partial charge is 0.326 e. The topological polar surface area (TPSA) is 87.3 Å². The molecule has 1 heterocycles. The molecule has 0 aliphatic carbocycles. The Kier molecular flexibility index (Phi) is 5.58. The van der Waals surface area contributed by atoms with Crippen molar-refractivity contribution in [3.8, 4) is 0 Å². The maximum atomic E-state index is 12.5. The number of carbonyl (C=O) groups excluding carboxylic acids is 1. The van der Waals surface area contributed by atoms with Crippen LogP contribution in [-0.4, -0.2) is 26.9 Å². The molecule has 0 bridgehead atoms. The monoisotopic (exact) mass is 373 g/mol. The maximum absolute atomic E-state index is 12.5. The average molecular weight is 373 g/mol. The van der Waals surface area contributed by atoms with Gasteiger partial charge < -0.3 is 10.6 Å². The van der Waals surface area contributed by atoms with E-state index in [1.54, 1.807) is 42.5 Å². The van der Waals surface area contributed by atoms with Gasteiger partial charge in [0.05, 0.1) is 10.6 Å². The van der Waals surface area contributed by atoms with Gasteiger partial charge in [-0.3, -0.25) is 9.52 Å². The second-order valence-corrected chi connectivity index (χ2v) is 8.25. The summed E-state index contributed by atoms with van der Waals surface area (Å²) >= 11 is 0. The standard InChI is InChI=1S/C19H23N3O3S/c1-14-12-15(10-11-20-14)19(23)21-16-6-5-7-17(13-16)22-26(24,25)18-8-3-2-4-9-18/h2-9,13-15,20,22H,10-12H2,1H3,(H,21,23)/t14-,15-/m0/s1. The van der Waals surface area contributed by atoms with Crippen LogP contribution in [-0.2, 0) is 14.8 Å². The van der Waals surface area contributed by atoms with Gasteiger partial charge in [0.15, 0.2) is 0 Å². The molecule has 7 heteroatoms. The first kappa shape index (κ1) is 18.4. The Hall–Kier alpha value is -2.38. The van der Waals surface area contributed by atoms with Crippen molar-refractivity contribution in [3.63, 3.8) is 0 Å². The molecule has 26 heavy (non-hydrogen) atoms. The second kappa shape index (κ2) is 7.88. The molecule has 0 radical (unpaired) electrons.